The number of hydrazine groups is 1. The summed E-state index contributed by atoms with van der Waals surface area (Å²) in [7, 11) is 0. The molecule has 0 saturated carbocycles. The van der Waals surface area contributed by atoms with Gasteiger partial charge in [0.25, 0.3) is 11.5 Å². The summed E-state index contributed by atoms with van der Waals surface area (Å²) in [4.78, 5) is 34.4. The number of ether oxygens (including phenoxy) is 1. The van der Waals surface area contributed by atoms with Gasteiger partial charge in [-0.3, -0.25) is 25.2 Å². The fourth-order valence-electron chi connectivity index (χ4n) is 1.87. The summed E-state index contributed by atoms with van der Waals surface area (Å²) in [5, 5.41) is 3.63. The van der Waals surface area contributed by atoms with E-state index >= 15 is 0 Å². The number of carbonyl (C=O) groups excluding carboxylic acids is 3. The predicted molar refractivity (Wildman–Crippen MR) is 86.6 cm³/mol. The molecule has 3 N–H and O–H groups in total. The average molecular weight is 353 g/mol. The lowest BCUT2D eigenvalue weighted by molar-refractivity contribution is -0.131. The number of hydrogen-bond acceptors (Lipinski definition) is 5. The first-order valence-electron chi connectivity index (χ1n) is 7.33. The van der Waals surface area contributed by atoms with E-state index in [9.17, 15) is 14.4 Å². The summed E-state index contributed by atoms with van der Waals surface area (Å²) < 4.78 is 5.10. The molecule has 0 bridgehead atoms. The molecule has 8 nitrogen and oxygen atoms in total. The summed E-state index contributed by atoms with van der Waals surface area (Å²) in [5.41, 5.74) is 6.32. The van der Waals surface area contributed by atoms with Crippen molar-refractivity contribution in [2.45, 2.75) is 31.2 Å². The van der Waals surface area contributed by atoms with E-state index in [-0.39, 0.29) is 37.0 Å². The minimum atomic E-state index is -1.37. The fourth-order valence-corrected chi connectivity index (χ4v) is 2.03. The molecule has 1 aliphatic heterocycles. The van der Waals surface area contributed by atoms with Crippen LogP contribution in [0.1, 0.15) is 24.8 Å². The van der Waals surface area contributed by atoms with Crippen LogP contribution >= 0.6 is 11.6 Å². The molecule has 1 heterocycles. The third-order valence-electron chi connectivity index (χ3n) is 3.13. The maximum Gasteiger partial charge on any atom is 0.295 e. The van der Waals surface area contributed by atoms with Crippen LogP contribution in [-0.4, -0.2) is 29.2 Å². The number of rotatable bonds is 5. The summed E-state index contributed by atoms with van der Waals surface area (Å²) in [6.45, 7) is 0. The normalized spacial score (nSPS) is 14.9. The zero-order valence-electron chi connectivity index (χ0n) is 12.8. The molecule has 0 radical (unpaired) electrons. The first-order valence-corrected chi connectivity index (χ1v) is 7.77. The molecule has 0 aliphatic carbocycles. The Labute approximate surface area is 143 Å². The van der Waals surface area contributed by atoms with Gasteiger partial charge in [-0.2, -0.15) is 0 Å². The van der Waals surface area contributed by atoms with Gasteiger partial charge in [0.05, 0.1) is 0 Å². The second kappa shape index (κ2) is 8.88. The molecule has 2 rings (SSSR count). The van der Waals surface area contributed by atoms with Crippen molar-refractivity contribution in [3.8, 4) is 0 Å². The Hall–Kier alpha value is -2.61. The fraction of sp³-hybridized carbons (Fsp3) is 0.333. The van der Waals surface area contributed by atoms with Gasteiger partial charge < -0.3 is 4.74 Å². The van der Waals surface area contributed by atoms with Crippen LogP contribution in [0, 0.1) is 0 Å². The first kappa shape index (κ1) is 17.7. The molecular weight excluding hydrogens is 336 g/mol. The Morgan fingerprint density at radius 2 is 2.00 bits per heavy atom. The van der Waals surface area contributed by atoms with Crippen molar-refractivity contribution in [3.05, 3.63) is 35.9 Å². The van der Waals surface area contributed by atoms with E-state index in [4.69, 9.17) is 16.3 Å². The van der Waals surface area contributed by atoms with Gasteiger partial charge in [0, 0.05) is 19.3 Å². The van der Waals surface area contributed by atoms with Crippen molar-refractivity contribution in [3.63, 3.8) is 0 Å². The Bertz CT molecular complexity index is 636. The largest absolute Gasteiger partial charge is 0.450 e. The highest BCUT2D eigenvalue weighted by atomic mass is 35.5. The van der Waals surface area contributed by atoms with Crippen molar-refractivity contribution in [1.82, 2.24) is 16.3 Å². The molecule has 0 spiro atoms. The highest BCUT2D eigenvalue weighted by Crippen LogP contribution is 2.07. The number of aryl methyl sites for hydroxylation is 1. The number of hydrazone groups is 1. The van der Waals surface area contributed by atoms with E-state index in [2.05, 4.69) is 21.4 Å². The third kappa shape index (κ3) is 5.88. The summed E-state index contributed by atoms with van der Waals surface area (Å²) in [6.07, 6.45) is 1.24. The summed E-state index contributed by atoms with van der Waals surface area (Å²) in [5.74, 6) is -1.16. The highest BCUT2D eigenvalue weighted by Gasteiger charge is 2.22. The first-order chi connectivity index (χ1) is 11.5. The van der Waals surface area contributed by atoms with Crippen LogP contribution < -0.4 is 16.3 Å². The Kier molecular flexibility index (Phi) is 6.56. The lowest BCUT2D eigenvalue weighted by Crippen LogP contribution is -2.46. The smallest absolute Gasteiger partial charge is 0.295 e. The van der Waals surface area contributed by atoms with Crippen molar-refractivity contribution < 1.29 is 19.1 Å². The Balaban J connectivity index is 1.68. The molecule has 1 aromatic carbocycles. The van der Waals surface area contributed by atoms with Gasteiger partial charge in [0.15, 0.2) is 0 Å². The van der Waals surface area contributed by atoms with Gasteiger partial charge in [-0.1, -0.05) is 41.9 Å². The molecule has 1 aromatic rings. The van der Waals surface area contributed by atoms with Gasteiger partial charge in [0.1, 0.15) is 0 Å². The zero-order valence-corrected chi connectivity index (χ0v) is 13.5. The molecule has 24 heavy (non-hydrogen) atoms. The molecule has 0 fully saturated rings. The van der Waals surface area contributed by atoms with Crippen LogP contribution in [-0.2, 0) is 25.5 Å². The molecule has 0 aromatic heterocycles. The van der Waals surface area contributed by atoms with E-state index in [0.29, 0.717) is 6.42 Å². The predicted octanol–water partition coefficient (Wildman–Crippen LogP) is 0.572. The zero-order chi connectivity index (χ0) is 17.4. The quantitative estimate of drug-likeness (QED) is 0.531. The standard InChI is InChI=1S/C15H17ClN4O4/c16-14(24-13-9-8-12(22)17-19-13)15(23)20-18-11(21)7-6-10-4-2-1-3-5-10/h1-5,14H,6-9H2,(H,17,22)(H,18,21)(H,20,23). The van der Waals surface area contributed by atoms with E-state index in [1.807, 2.05) is 30.3 Å². The molecule has 128 valence electrons. The van der Waals surface area contributed by atoms with E-state index in [1.165, 1.54) is 0 Å². The van der Waals surface area contributed by atoms with Crippen LogP contribution in [0.5, 0.6) is 0 Å². The van der Waals surface area contributed by atoms with E-state index in [1.54, 1.807) is 0 Å². The number of nitrogens with one attached hydrogen (secondary N) is 3. The third-order valence-corrected chi connectivity index (χ3v) is 3.41. The van der Waals surface area contributed by atoms with Crippen molar-refractivity contribution in [2.75, 3.05) is 0 Å². The molecule has 1 atom stereocenters. The van der Waals surface area contributed by atoms with Crippen LogP contribution in [0.15, 0.2) is 35.4 Å². The topological polar surface area (TPSA) is 109 Å². The highest BCUT2D eigenvalue weighted by molar-refractivity contribution is 6.30. The number of hydrogen-bond donors (Lipinski definition) is 3. The number of carbonyl (C=O) groups is 3. The monoisotopic (exact) mass is 352 g/mol. The van der Waals surface area contributed by atoms with Gasteiger partial charge in [-0.25, -0.2) is 5.43 Å². The van der Waals surface area contributed by atoms with Crippen molar-refractivity contribution in [1.29, 1.82) is 0 Å². The molecule has 1 aliphatic rings. The Morgan fingerprint density at radius 3 is 2.67 bits per heavy atom. The van der Waals surface area contributed by atoms with Crippen LogP contribution in [0.2, 0.25) is 0 Å². The van der Waals surface area contributed by atoms with Crippen LogP contribution in [0.3, 0.4) is 0 Å². The summed E-state index contributed by atoms with van der Waals surface area (Å²) in [6, 6.07) is 9.50. The van der Waals surface area contributed by atoms with Crippen molar-refractivity contribution >= 4 is 35.2 Å². The number of halogens is 1. The van der Waals surface area contributed by atoms with E-state index < -0.39 is 11.5 Å². The number of benzene rings is 1. The van der Waals surface area contributed by atoms with Gasteiger partial charge >= 0.3 is 0 Å². The number of nitrogens with zero attached hydrogens (tertiary/aromatic N) is 1. The average Bonchev–Trinajstić information content (AvgIpc) is 2.60. The second-order valence-electron chi connectivity index (χ2n) is 5.00. The van der Waals surface area contributed by atoms with Crippen LogP contribution in [0.4, 0.5) is 0 Å². The molecule has 3 amide bonds. The van der Waals surface area contributed by atoms with Crippen molar-refractivity contribution in [2.24, 2.45) is 5.10 Å². The maximum absolute atomic E-state index is 11.7. The lowest BCUT2D eigenvalue weighted by atomic mass is 10.1. The molecule has 0 saturated heterocycles. The van der Waals surface area contributed by atoms with Crippen LogP contribution in [0.25, 0.3) is 0 Å². The summed E-state index contributed by atoms with van der Waals surface area (Å²) >= 11 is 5.78. The van der Waals surface area contributed by atoms with Gasteiger partial charge in [-0.15, -0.1) is 5.10 Å². The minimum absolute atomic E-state index is 0.153. The number of amides is 3. The number of alkyl halides is 1. The Morgan fingerprint density at radius 1 is 1.25 bits per heavy atom. The molecule has 9 heteroatoms. The van der Waals surface area contributed by atoms with Gasteiger partial charge in [-0.05, 0) is 12.0 Å². The second-order valence-corrected chi connectivity index (χ2v) is 5.39. The lowest BCUT2D eigenvalue weighted by Gasteiger charge is -2.16. The maximum atomic E-state index is 11.7. The minimum Gasteiger partial charge on any atom is -0.450 e. The molecular formula is C15H17ClN4O4. The van der Waals surface area contributed by atoms with Gasteiger partial charge in [0.2, 0.25) is 17.7 Å². The SMILES string of the molecule is O=C1CCC(OC(Cl)C(=O)NNC(=O)CCc2ccccc2)=NN1. The molecule has 1 unspecified atom stereocenters. The van der Waals surface area contributed by atoms with E-state index in [0.717, 1.165) is 5.56 Å².